The number of pyridine rings is 2. The van der Waals surface area contributed by atoms with Crippen molar-refractivity contribution in [3.63, 3.8) is 0 Å². The van der Waals surface area contributed by atoms with Gasteiger partial charge in [-0.25, -0.2) is 4.39 Å². The summed E-state index contributed by atoms with van der Waals surface area (Å²) >= 11 is 0. The predicted molar refractivity (Wildman–Crippen MR) is 118 cm³/mol. The van der Waals surface area contributed by atoms with Gasteiger partial charge in [-0.3, -0.25) is 14.8 Å². The average Bonchev–Trinajstić information content (AvgIpc) is 3.04. The number of halogens is 3. The lowest BCUT2D eigenvalue weighted by atomic mass is 10.0. The van der Waals surface area contributed by atoms with E-state index in [0.717, 1.165) is 5.69 Å². The van der Waals surface area contributed by atoms with E-state index in [1.54, 1.807) is 43.5 Å². The maximum atomic E-state index is 14.9. The van der Waals surface area contributed by atoms with Crippen molar-refractivity contribution in [3.05, 3.63) is 107 Å². The number of benzene rings is 2. The van der Waals surface area contributed by atoms with E-state index in [9.17, 15) is 18.0 Å². The number of nitrogens with zero attached hydrogens (tertiary/aromatic N) is 2. The Morgan fingerprint density at radius 2 is 1.76 bits per heavy atom. The van der Waals surface area contributed by atoms with E-state index in [0.29, 0.717) is 22.3 Å². The maximum absolute atomic E-state index is 14.9. The topological polar surface area (TPSA) is 54.9 Å². The molecule has 1 aliphatic rings. The fourth-order valence-electron chi connectivity index (χ4n) is 4.08. The van der Waals surface area contributed by atoms with Gasteiger partial charge in [0, 0.05) is 46.9 Å². The Balaban J connectivity index is 1.33. The molecule has 33 heavy (non-hydrogen) atoms. The molecule has 2 aromatic heterocycles. The maximum Gasteiger partial charge on any atom is 0.299 e. The summed E-state index contributed by atoms with van der Waals surface area (Å²) < 4.78 is 44.4. The summed E-state index contributed by atoms with van der Waals surface area (Å²) in [6.45, 7) is 1.81. The minimum absolute atomic E-state index is 0.00606. The second-order valence-corrected chi connectivity index (χ2v) is 7.92. The first-order valence-electron chi connectivity index (χ1n) is 10.3. The van der Waals surface area contributed by atoms with E-state index in [1.807, 2.05) is 0 Å². The smallest absolute Gasteiger partial charge is 0.299 e. The van der Waals surface area contributed by atoms with Gasteiger partial charge in [-0.1, -0.05) is 30.3 Å². The lowest BCUT2D eigenvalue weighted by Crippen LogP contribution is -2.23. The molecule has 7 heteroatoms. The number of aromatic nitrogens is 2. The van der Waals surface area contributed by atoms with Crippen LogP contribution in [0.15, 0.2) is 73.1 Å². The van der Waals surface area contributed by atoms with Crippen molar-refractivity contribution in [1.82, 2.24) is 15.3 Å². The van der Waals surface area contributed by atoms with E-state index in [2.05, 4.69) is 15.3 Å². The van der Waals surface area contributed by atoms with Gasteiger partial charge < -0.3 is 5.32 Å². The number of nitrogens with one attached hydrogen (secondary N) is 1. The van der Waals surface area contributed by atoms with Gasteiger partial charge in [-0.2, -0.15) is 8.78 Å². The second-order valence-electron chi connectivity index (χ2n) is 7.92. The number of rotatable bonds is 4. The van der Waals surface area contributed by atoms with Gasteiger partial charge in [-0.15, -0.1) is 0 Å². The molecule has 0 unspecified atom stereocenters. The van der Waals surface area contributed by atoms with Crippen LogP contribution < -0.4 is 5.32 Å². The first-order valence-corrected chi connectivity index (χ1v) is 10.3. The van der Waals surface area contributed by atoms with Crippen molar-refractivity contribution in [2.75, 3.05) is 0 Å². The van der Waals surface area contributed by atoms with Crippen molar-refractivity contribution >= 4 is 5.91 Å². The molecule has 2 aromatic carbocycles. The standard InChI is InChI=1S/C26H18F3N3O/c1-15-10-17(8-9-30-15)24-23(27)11-16(13-31-24)14-32-25(33)18-6-7-20-19-4-2-3-5-21(19)26(28,29)22(20)12-18/h2-13H,14H2,1H3,(H,32,33). The Kier molecular flexibility index (Phi) is 4.96. The van der Waals surface area contributed by atoms with Crippen molar-refractivity contribution in [1.29, 1.82) is 0 Å². The third-order valence-corrected chi connectivity index (χ3v) is 5.70. The van der Waals surface area contributed by atoms with Crippen LogP contribution in [-0.4, -0.2) is 15.9 Å². The molecule has 2 heterocycles. The van der Waals surface area contributed by atoms with Crippen LogP contribution in [-0.2, 0) is 12.5 Å². The number of amides is 1. The molecule has 0 radical (unpaired) electrons. The average molecular weight is 445 g/mol. The quantitative estimate of drug-likeness (QED) is 0.442. The van der Waals surface area contributed by atoms with Crippen molar-refractivity contribution in [2.45, 2.75) is 19.4 Å². The van der Waals surface area contributed by atoms with Crippen LogP contribution in [0.1, 0.15) is 32.7 Å². The Hall–Kier alpha value is -4.00. The molecule has 0 atom stereocenters. The van der Waals surface area contributed by atoms with Crippen molar-refractivity contribution in [2.24, 2.45) is 0 Å². The summed E-state index contributed by atoms with van der Waals surface area (Å²) in [6, 6.07) is 15.3. The Morgan fingerprint density at radius 1 is 0.970 bits per heavy atom. The Morgan fingerprint density at radius 3 is 2.55 bits per heavy atom. The molecule has 5 rings (SSSR count). The number of fused-ring (bicyclic) bond motifs is 3. The number of hydrogen-bond acceptors (Lipinski definition) is 3. The van der Waals surface area contributed by atoms with Gasteiger partial charge in [0.15, 0.2) is 0 Å². The lowest BCUT2D eigenvalue weighted by Gasteiger charge is -2.13. The van der Waals surface area contributed by atoms with E-state index >= 15 is 0 Å². The summed E-state index contributed by atoms with van der Waals surface area (Å²) in [5.74, 6) is -4.22. The second kappa shape index (κ2) is 7.85. The summed E-state index contributed by atoms with van der Waals surface area (Å²) in [5.41, 5.74) is 2.73. The summed E-state index contributed by atoms with van der Waals surface area (Å²) in [4.78, 5) is 20.9. The van der Waals surface area contributed by atoms with Gasteiger partial charge in [0.05, 0.1) is 0 Å². The molecule has 0 bridgehead atoms. The number of carbonyl (C=O) groups is 1. The van der Waals surface area contributed by atoms with Gasteiger partial charge in [0.1, 0.15) is 11.5 Å². The first-order chi connectivity index (χ1) is 15.8. The van der Waals surface area contributed by atoms with Crippen LogP contribution in [0, 0.1) is 12.7 Å². The van der Waals surface area contributed by atoms with Crippen molar-refractivity contribution < 1.29 is 18.0 Å². The van der Waals surface area contributed by atoms with Gasteiger partial charge in [0.25, 0.3) is 11.8 Å². The van der Waals surface area contributed by atoms with E-state index in [1.165, 1.54) is 36.5 Å². The van der Waals surface area contributed by atoms with Crippen LogP contribution in [0.5, 0.6) is 0 Å². The van der Waals surface area contributed by atoms with Crippen molar-refractivity contribution in [3.8, 4) is 22.4 Å². The molecule has 4 aromatic rings. The molecule has 0 spiro atoms. The lowest BCUT2D eigenvalue weighted by molar-refractivity contribution is 0.0479. The zero-order valence-electron chi connectivity index (χ0n) is 17.6. The molecule has 0 fully saturated rings. The molecular weight excluding hydrogens is 427 g/mol. The molecule has 164 valence electrons. The Bertz CT molecular complexity index is 1400. The first kappa shape index (κ1) is 20.9. The monoisotopic (exact) mass is 445 g/mol. The van der Waals surface area contributed by atoms with Crippen LogP contribution in [0.2, 0.25) is 0 Å². The fourth-order valence-corrected chi connectivity index (χ4v) is 4.08. The molecule has 1 aliphatic carbocycles. The molecule has 0 aliphatic heterocycles. The predicted octanol–water partition coefficient (Wildman–Crippen LogP) is 5.64. The van der Waals surface area contributed by atoms with Gasteiger partial charge in [-0.05, 0) is 53.9 Å². The van der Waals surface area contributed by atoms with E-state index in [4.69, 9.17) is 0 Å². The molecule has 0 saturated heterocycles. The highest BCUT2D eigenvalue weighted by Gasteiger charge is 2.44. The zero-order chi connectivity index (χ0) is 23.2. The minimum Gasteiger partial charge on any atom is -0.348 e. The summed E-state index contributed by atoms with van der Waals surface area (Å²) in [5, 5.41) is 2.65. The van der Waals surface area contributed by atoms with Gasteiger partial charge >= 0.3 is 0 Å². The van der Waals surface area contributed by atoms with Crippen LogP contribution in [0.25, 0.3) is 22.4 Å². The zero-order valence-corrected chi connectivity index (χ0v) is 17.6. The summed E-state index contributed by atoms with van der Waals surface area (Å²) in [7, 11) is 0. The molecule has 1 N–H and O–H groups in total. The van der Waals surface area contributed by atoms with E-state index in [-0.39, 0.29) is 28.9 Å². The molecule has 1 amide bonds. The number of hydrogen-bond donors (Lipinski definition) is 1. The highest BCUT2D eigenvalue weighted by molar-refractivity contribution is 5.96. The van der Waals surface area contributed by atoms with Crippen LogP contribution in [0.3, 0.4) is 0 Å². The number of aryl methyl sites for hydroxylation is 1. The highest BCUT2D eigenvalue weighted by Crippen LogP contribution is 2.50. The third-order valence-electron chi connectivity index (χ3n) is 5.70. The normalized spacial score (nSPS) is 13.3. The minimum atomic E-state index is -3.17. The third kappa shape index (κ3) is 3.65. The van der Waals surface area contributed by atoms with Gasteiger partial charge in [0.2, 0.25) is 0 Å². The fraction of sp³-hybridized carbons (Fsp3) is 0.115. The molecule has 0 saturated carbocycles. The highest BCUT2D eigenvalue weighted by atomic mass is 19.3. The Labute approximate surface area is 188 Å². The molecular formula is C26H18F3N3O. The van der Waals surface area contributed by atoms with Crippen LogP contribution in [0.4, 0.5) is 13.2 Å². The van der Waals surface area contributed by atoms with E-state index < -0.39 is 17.6 Å². The largest absolute Gasteiger partial charge is 0.348 e. The van der Waals surface area contributed by atoms with Crippen LogP contribution >= 0.6 is 0 Å². The SMILES string of the molecule is Cc1cc(-c2ncc(CNC(=O)c3ccc4c(c3)C(F)(F)c3ccccc3-4)cc2F)ccn1. The number of alkyl halides is 2. The summed E-state index contributed by atoms with van der Waals surface area (Å²) in [6.07, 6.45) is 3.06. The number of carbonyl (C=O) groups excluding carboxylic acids is 1. The molecule has 4 nitrogen and oxygen atoms in total.